The fourth-order valence-electron chi connectivity index (χ4n) is 2.95. The average molecular weight is 571 g/mol. The van der Waals surface area contributed by atoms with Gasteiger partial charge in [0, 0.05) is 17.7 Å². The number of thiocarbonyl (C=S) groups is 1. The van der Waals surface area contributed by atoms with Crippen LogP contribution in [0, 0.1) is 3.57 Å². The fraction of sp³-hybridized carbons (Fsp3) is 0.227. The molecule has 0 spiro atoms. The third-order valence-corrected chi connectivity index (χ3v) is 6.13. The van der Waals surface area contributed by atoms with Gasteiger partial charge >= 0.3 is 0 Å². The highest BCUT2D eigenvalue weighted by molar-refractivity contribution is 14.1. The van der Waals surface area contributed by atoms with E-state index in [4.69, 9.17) is 33.3 Å². The van der Waals surface area contributed by atoms with E-state index < -0.39 is 11.8 Å². The quantitative estimate of drug-likeness (QED) is 0.221. The van der Waals surface area contributed by atoms with Crippen molar-refractivity contribution in [3.63, 3.8) is 0 Å². The SMILES string of the molecule is CCOc1cc(C=C2C(=O)N(C)C(=S)N(C)C2=O)cc(Cl)c1OCc1ccc(I)cc1. The lowest BCUT2D eigenvalue weighted by Crippen LogP contribution is -2.52. The summed E-state index contributed by atoms with van der Waals surface area (Å²) in [6.45, 7) is 2.57. The van der Waals surface area contributed by atoms with Crippen molar-refractivity contribution in [2.75, 3.05) is 20.7 Å². The van der Waals surface area contributed by atoms with Gasteiger partial charge < -0.3 is 9.47 Å². The van der Waals surface area contributed by atoms with Crippen LogP contribution in [0.25, 0.3) is 6.08 Å². The number of amides is 2. The molecular formula is C22H20ClIN2O4S. The molecule has 1 fully saturated rings. The van der Waals surface area contributed by atoms with E-state index in [2.05, 4.69) is 22.6 Å². The van der Waals surface area contributed by atoms with Crippen molar-refractivity contribution in [3.8, 4) is 11.5 Å². The van der Waals surface area contributed by atoms with E-state index in [9.17, 15) is 9.59 Å². The summed E-state index contributed by atoms with van der Waals surface area (Å²) in [5.74, 6) is -0.108. The molecule has 1 aliphatic rings. The lowest BCUT2D eigenvalue weighted by atomic mass is 10.1. The van der Waals surface area contributed by atoms with E-state index in [-0.39, 0.29) is 10.7 Å². The van der Waals surface area contributed by atoms with Gasteiger partial charge in [0.25, 0.3) is 11.8 Å². The Bertz CT molecular complexity index is 1050. The Morgan fingerprint density at radius 3 is 2.26 bits per heavy atom. The zero-order valence-corrected chi connectivity index (χ0v) is 20.9. The number of hydrogen-bond donors (Lipinski definition) is 0. The summed E-state index contributed by atoms with van der Waals surface area (Å²) in [6, 6.07) is 11.3. The molecule has 2 amide bonds. The Hall–Kier alpha value is -2.17. The summed E-state index contributed by atoms with van der Waals surface area (Å²) < 4.78 is 12.8. The predicted octanol–water partition coefficient (Wildman–Crippen LogP) is 4.52. The van der Waals surface area contributed by atoms with Crippen LogP contribution in [0.2, 0.25) is 5.02 Å². The second-order valence-corrected chi connectivity index (χ2v) is 8.77. The summed E-state index contributed by atoms with van der Waals surface area (Å²) in [6.07, 6.45) is 1.48. The van der Waals surface area contributed by atoms with E-state index in [1.54, 1.807) is 12.1 Å². The van der Waals surface area contributed by atoms with Gasteiger partial charge in [0.1, 0.15) is 12.2 Å². The van der Waals surface area contributed by atoms with Crippen molar-refractivity contribution < 1.29 is 19.1 Å². The number of carbonyl (C=O) groups excluding carboxylic acids is 2. The third kappa shape index (κ3) is 5.19. The normalized spacial score (nSPS) is 14.2. The molecular weight excluding hydrogens is 551 g/mol. The summed E-state index contributed by atoms with van der Waals surface area (Å²) >= 11 is 13.8. The highest BCUT2D eigenvalue weighted by Gasteiger charge is 2.35. The molecule has 1 aliphatic heterocycles. The fourth-order valence-corrected chi connectivity index (χ4v) is 3.75. The molecule has 6 nitrogen and oxygen atoms in total. The molecule has 0 N–H and O–H groups in total. The van der Waals surface area contributed by atoms with Crippen molar-refractivity contribution in [1.29, 1.82) is 0 Å². The number of likely N-dealkylation sites (N-methyl/N-ethyl adjacent to an activating group) is 2. The summed E-state index contributed by atoms with van der Waals surface area (Å²) in [4.78, 5) is 27.7. The van der Waals surface area contributed by atoms with E-state index in [0.29, 0.717) is 35.3 Å². The molecule has 0 unspecified atom stereocenters. The van der Waals surface area contributed by atoms with E-state index in [1.807, 2.05) is 31.2 Å². The van der Waals surface area contributed by atoms with Gasteiger partial charge in [-0.15, -0.1) is 0 Å². The predicted molar refractivity (Wildman–Crippen MR) is 132 cm³/mol. The highest BCUT2D eigenvalue weighted by atomic mass is 127. The minimum absolute atomic E-state index is 0.00956. The second kappa shape index (κ2) is 9.97. The molecule has 2 aromatic rings. The smallest absolute Gasteiger partial charge is 0.265 e. The number of carbonyl (C=O) groups is 2. The molecule has 9 heteroatoms. The Morgan fingerprint density at radius 1 is 1.06 bits per heavy atom. The van der Waals surface area contributed by atoms with Crippen LogP contribution in [0.3, 0.4) is 0 Å². The van der Waals surface area contributed by atoms with E-state index in [0.717, 1.165) is 9.13 Å². The van der Waals surface area contributed by atoms with Crippen LogP contribution in [-0.2, 0) is 16.2 Å². The molecule has 31 heavy (non-hydrogen) atoms. The molecule has 0 aliphatic carbocycles. The molecule has 0 radical (unpaired) electrons. The van der Waals surface area contributed by atoms with E-state index in [1.165, 1.54) is 30.0 Å². The maximum atomic E-state index is 12.6. The van der Waals surface area contributed by atoms with Crippen molar-refractivity contribution in [2.24, 2.45) is 0 Å². The largest absolute Gasteiger partial charge is 0.490 e. The van der Waals surface area contributed by atoms with Gasteiger partial charge in [-0.2, -0.15) is 0 Å². The summed E-state index contributed by atoms with van der Waals surface area (Å²) in [5, 5.41) is 0.468. The van der Waals surface area contributed by atoms with Gasteiger partial charge in [-0.25, -0.2) is 0 Å². The highest BCUT2D eigenvalue weighted by Crippen LogP contribution is 2.38. The first-order valence-electron chi connectivity index (χ1n) is 9.38. The van der Waals surface area contributed by atoms with Gasteiger partial charge in [0.2, 0.25) is 0 Å². The number of halogens is 2. The monoisotopic (exact) mass is 570 g/mol. The van der Waals surface area contributed by atoms with Crippen LogP contribution in [0.15, 0.2) is 42.0 Å². The van der Waals surface area contributed by atoms with Crippen molar-refractivity contribution >= 4 is 69.4 Å². The lowest BCUT2D eigenvalue weighted by molar-refractivity contribution is -0.132. The lowest BCUT2D eigenvalue weighted by Gasteiger charge is -2.31. The molecule has 0 bridgehead atoms. The molecule has 2 aromatic carbocycles. The standard InChI is InChI=1S/C22H20ClIN2O4S/c1-4-29-18-11-14(9-16-20(27)25(2)22(31)26(3)21(16)28)10-17(23)19(18)30-12-13-5-7-15(24)8-6-13/h5-11H,4,12H2,1-3H3. The van der Waals surface area contributed by atoms with Crippen molar-refractivity contribution in [2.45, 2.75) is 13.5 Å². The number of benzene rings is 2. The number of nitrogens with zero attached hydrogens (tertiary/aromatic N) is 2. The maximum Gasteiger partial charge on any atom is 0.265 e. The second-order valence-electron chi connectivity index (χ2n) is 6.75. The van der Waals surface area contributed by atoms with Crippen LogP contribution in [0.1, 0.15) is 18.1 Å². The van der Waals surface area contributed by atoms with Gasteiger partial charge in [0.15, 0.2) is 16.6 Å². The zero-order valence-electron chi connectivity index (χ0n) is 17.1. The molecule has 0 atom stereocenters. The number of hydrogen-bond acceptors (Lipinski definition) is 5. The molecule has 0 saturated carbocycles. The Kier molecular flexibility index (Phi) is 7.55. The van der Waals surface area contributed by atoms with Crippen LogP contribution in [0.5, 0.6) is 11.5 Å². The minimum atomic E-state index is -0.471. The molecule has 1 saturated heterocycles. The van der Waals surface area contributed by atoms with Gasteiger partial charge in [-0.3, -0.25) is 19.4 Å². The first-order valence-corrected chi connectivity index (χ1v) is 11.2. The van der Waals surface area contributed by atoms with Gasteiger partial charge in [-0.1, -0.05) is 23.7 Å². The number of rotatable bonds is 6. The average Bonchev–Trinajstić information content (AvgIpc) is 2.75. The number of ether oxygens (including phenoxy) is 2. The molecule has 0 aromatic heterocycles. The molecule has 3 rings (SSSR count). The van der Waals surface area contributed by atoms with Crippen molar-refractivity contribution in [1.82, 2.24) is 9.80 Å². The third-order valence-electron chi connectivity index (χ3n) is 4.58. The Labute approximate surface area is 204 Å². The van der Waals surface area contributed by atoms with E-state index >= 15 is 0 Å². The summed E-state index contributed by atoms with van der Waals surface area (Å²) in [5.41, 5.74) is 1.52. The van der Waals surface area contributed by atoms with Crippen LogP contribution in [-0.4, -0.2) is 47.4 Å². The van der Waals surface area contributed by atoms with Gasteiger partial charge in [0.05, 0.1) is 11.6 Å². The zero-order chi connectivity index (χ0) is 22.7. The topological polar surface area (TPSA) is 59.1 Å². The maximum absolute atomic E-state index is 12.6. The van der Waals surface area contributed by atoms with Crippen LogP contribution in [0.4, 0.5) is 0 Å². The first kappa shape index (κ1) is 23.5. The van der Waals surface area contributed by atoms with Crippen molar-refractivity contribution in [3.05, 3.63) is 61.7 Å². The first-order chi connectivity index (χ1) is 14.7. The van der Waals surface area contributed by atoms with Gasteiger partial charge in [-0.05, 0) is 83.2 Å². The van der Waals surface area contributed by atoms with Crippen LogP contribution >= 0.6 is 46.4 Å². The molecule has 162 valence electrons. The Morgan fingerprint density at radius 2 is 1.68 bits per heavy atom. The Balaban J connectivity index is 1.93. The molecule has 1 heterocycles. The summed E-state index contributed by atoms with van der Waals surface area (Å²) in [7, 11) is 3.06. The minimum Gasteiger partial charge on any atom is -0.490 e. The van der Waals surface area contributed by atoms with Crippen LogP contribution < -0.4 is 9.47 Å².